The normalized spacial score (nSPS) is 10.2. The summed E-state index contributed by atoms with van der Waals surface area (Å²) in [4.78, 5) is 14.7. The van der Waals surface area contributed by atoms with Gasteiger partial charge in [0.1, 0.15) is 23.8 Å². The van der Waals surface area contributed by atoms with Gasteiger partial charge in [-0.15, -0.1) is 0 Å². The minimum absolute atomic E-state index is 0.675. The molecule has 2 heterocycles. The van der Waals surface area contributed by atoms with Gasteiger partial charge < -0.3 is 16.0 Å². The second-order valence-corrected chi connectivity index (χ2v) is 4.17. The number of aromatic nitrogens is 3. The smallest absolute Gasteiger partial charge is 0.137 e. The Balaban J connectivity index is 2.06. The van der Waals surface area contributed by atoms with Crippen molar-refractivity contribution in [1.82, 2.24) is 15.0 Å². The van der Waals surface area contributed by atoms with E-state index >= 15 is 0 Å². The molecule has 0 aliphatic heterocycles. The van der Waals surface area contributed by atoms with Crippen LogP contribution in [0.5, 0.6) is 0 Å². The Labute approximate surface area is 112 Å². The van der Waals surface area contributed by atoms with E-state index in [0.29, 0.717) is 6.54 Å². The number of hydrogen-bond donors (Lipinski definition) is 2. The molecule has 6 nitrogen and oxygen atoms in total. The summed E-state index contributed by atoms with van der Waals surface area (Å²) in [7, 11) is 1.99. The van der Waals surface area contributed by atoms with Gasteiger partial charge in [0.05, 0.1) is 0 Å². The molecule has 2 rings (SSSR count). The predicted molar refractivity (Wildman–Crippen MR) is 76.5 cm³/mol. The number of hydrogen-bond acceptors (Lipinski definition) is 6. The number of anilines is 3. The highest BCUT2D eigenvalue weighted by Gasteiger charge is 2.04. The van der Waals surface area contributed by atoms with Gasteiger partial charge in [-0.3, -0.25) is 0 Å². The largest absolute Gasteiger partial charge is 0.359 e. The van der Waals surface area contributed by atoms with Crippen LogP contribution in [0.2, 0.25) is 0 Å². The summed E-state index contributed by atoms with van der Waals surface area (Å²) in [5.41, 5.74) is 5.51. The van der Waals surface area contributed by atoms with E-state index in [1.165, 1.54) is 0 Å². The minimum Gasteiger partial charge on any atom is -0.359 e. The SMILES string of the molecule is CN(CCCN)c1cc(Nc2ccccn2)ncn1. The van der Waals surface area contributed by atoms with Gasteiger partial charge in [-0.25, -0.2) is 15.0 Å². The zero-order chi connectivity index (χ0) is 13.5. The maximum atomic E-state index is 5.51. The molecule has 100 valence electrons. The van der Waals surface area contributed by atoms with Gasteiger partial charge in [0.2, 0.25) is 0 Å². The first-order valence-electron chi connectivity index (χ1n) is 6.21. The lowest BCUT2D eigenvalue weighted by atomic mass is 10.4. The van der Waals surface area contributed by atoms with Crippen molar-refractivity contribution in [3.05, 3.63) is 36.8 Å². The lowest BCUT2D eigenvalue weighted by molar-refractivity contribution is 0.785. The standard InChI is InChI=1S/C13H18N6/c1-19(8-4-6-14)13-9-12(16-10-17-13)18-11-5-2-3-7-15-11/h2-3,5,7,9-10H,4,6,8,14H2,1H3,(H,15,16,17,18). The summed E-state index contributed by atoms with van der Waals surface area (Å²) in [6.07, 6.45) is 4.21. The molecule has 2 aromatic heterocycles. The Hall–Kier alpha value is -2.21. The number of nitrogens with zero attached hydrogens (tertiary/aromatic N) is 4. The molecule has 0 saturated heterocycles. The van der Waals surface area contributed by atoms with Crippen molar-refractivity contribution >= 4 is 17.5 Å². The van der Waals surface area contributed by atoms with E-state index in [0.717, 1.165) is 30.4 Å². The molecule has 0 amide bonds. The number of nitrogens with one attached hydrogen (secondary N) is 1. The summed E-state index contributed by atoms with van der Waals surface area (Å²) < 4.78 is 0. The van der Waals surface area contributed by atoms with Crippen LogP contribution >= 0.6 is 0 Å². The Bertz CT molecular complexity index is 501. The Morgan fingerprint density at radius 2 is 2.11 bits per heavy atom. The summed E-state index contributed by atoms with van der Waals surface area (Å²) in [5.74, 6) is 2.35. The second-order valence-electron chi connectivity index (χ2n) is 4.17. The maximum absolute atomic E-state index is 5.51. The number of nitrogens with two attached hydrogens (primary N) is 1. The van der Waals surface area contributed by atoms with Gasteiger partial charge in [-0.05, 0) is 25.1 Å². The van der Waals surface area contributed by atoms with Crippen LogP contribution in [-0.2, 0) is 0 Å². The Morgan fingerprint density at radius 1 is 1.21 bits per heavy atom. The average molecular weight is 258 g/mol. The molecular formula is C13H18N6. The van der Waals surface area contributed by atoms with Gasteiger partial charge >= 0.3 is 0 Å². The van der Waals surface area contributed by atoms with Gasteiger partial charge in [0.25, 0.3) is 0 Å². The summed E-state index contributed by atoms with van der Waals surface area (Å²) in [6.45, 7) is 1.55. The van der Waals surface area contributed by atoms with Gasteiger partial charge in [0, 0.05) is 25.9 Å². The van der Waals surface area contributed by atoms with Crippen molar-refractivity contribution in [1.29, 1.82) is 0 Å². The van der Waals surface area contributed by atoms with Crippen LogP contribution in [0.4, 0.5) is 17.5 Å². The van der Waals surface area contributed by atoms with Crippen LogP contribution in [0.15, 0.2) is 36.8 Å². The van der Waals surface area contributed by atoms with Crippen LogP contribution < -0.4 is 16.0 Å². The van der Waals surface area contributed by atoms with E-state index in [1.807, 2.05) is 31.3 Å². The maximum Gasteiger partial charge on any atom is 0.137 e. The third-order valence-electron chi connectivity index (χ3n) is 2.66. The lowest BCUT2D eigenvalue weighted by Crippen LogP contribution is -2.22. The van der Waals surface area contributed by atoms with Gasteiger partial charge in [-0.2, -0.15) is 0 Å². The van der Waals surface area contributed by atoms with Gasteiger partial charge in [0.15, 0.2) is 0 Å². The number of pyridine rings is 1. The molecule has 19 heavy (non-hydrogen) atoms. The summed E-state index contributed by atoms with van der Waals surface area (Å²) >= 11 is 0. The van der Waals surface area contributed by atoms with E-state index in [-0.39, 0.29) is 0 Å². The van der Waals surface area contributed by atoms with Crippen LogP contribution in [-0.4, -0.2) is 35.1 Å². The topological polar surface area (TPSA) is 80.0 Å². The Morgan fingerprint density at radius 3 is 2.84 bits per heavy atom. The third-order valence-corrected chi connectivity index (χ3v) is 2.66. The van der Waals surface area contributed by atoms with Crippen LogP contribution in [0.25, 0.3) is 0 Å². The molecule has 0 radical (unpaired) electrons. The fraction of sp³-hybridized carbons (Fsp3) is 0.308. The Kier molecular flexibility index (Phi) is 4.63. The molecule has 6 heteroatoms. The molecular weight excluding hydrogens is 240 g/mol. The van der Waals surface area contributed by atoms with Crippen molar-refractivity contribution in [2.24, 2.45) is 5.73 Å². The van der Waals surface area contributed by atoms with Crippen LogP contribution in [0.1, 0.15) is 6.42 Å². The molecule has 0 aliphatic carbocycles. The first-order valence-corrected chi connectivity index (χ1v) is 6.21. The molecule has 0 spiro atoms. The van der Waals surface area contributed by atoms with E-state index in [2.05, 4.69) is 25.2 Å². The summed E-state index contributed by atoms with van der Waals surface area (Å²) in [6, 6.07) is 7.58. The van der Waals surface area contributed by atoms with Crippen molar-refractivity contribution < 1.29 is 0 Å². The summed E-state index contributed by atoms with van der Waals surface area (Å²) in [5, 5.41) is 3.14. The van der Waals surface area contributed by atoms with Crippen molar-refractivity contribution in [2.45, 2.75) is 6.42 Å². The molecule has 2 aromatic rings. The second kappa shape index (κ2) is 6.65. The number of rotatable bonds is 6. The quantitative estimate of drug-likeness (QED) is 0.815. The van der Waals surface area contributed by atoms with Crippen molar-refractivity contribution in [2.75, 3.05) is 30.4 Å². The van der Waals surface area contributed by atoms with Crippen LogP contribution in [0.3, 0.4) is 0 Å². The molecule has 0 bridgehead atoms. The molecule has 0 saturated carbocycles. The lowest BCUT2D eigenvalue weighted by Gasteiger charge is -2.17. The third kappa shape index (κ3) is 3.89. The predicted octanol–water partition coefficient (Wildman–Crippen LogP) is 1.40. The molecule has 0 aliphatic rings. The van der Waals surface area contributed by atoms with E-state index in [4.69, 9.17) is 5.73 Å². The molecule has 0 atom stereocenters. The van der Waals surface area contributed by atoms with E-state index < -0.39 is 0 Å². The molecule has 0 aromatic carbocycles. The van der Waals surface area contributed by atoms with Crippen molar-refractivity contribution in [3.8, 4) is 0 Å². The van der Waals surface area contributed by atoms with E-state index in [9.17, 15) is 0 Å². The molecule has 0 fully saturated rings. The fourth-order valence-corrected chi connectivity index (χ4v) is 1.64. The van der Waals surface area contributed by atoms with Gasteiger partial charge in [-0.1, -0.05) is 6.07 Å². The minimum atomic E-state index is 0.675. The highest BCUT2D eigenvalue weighted by molar-refractivity contribution is 5.55. The first-order chi connectivity index (χ1) is 9.29. The molecule has 3 N–H and O–H groups in total. The highest BCUT2D eigenvalue weighted by Crippen LogP contribution is 2.16. The van der Waals surface area contributed by atoms with Crippen LogP contribution in [0, 0.1) is 0 Å². The average Bonchev–Trinajstić information content (AvgIpc) is 2.46. The molecule has 0 unspecified atom stereocenters. The zero-order valence-corrected chi connectivity index (χ0v) is 11.0. The highest BCUT2D eigenvalue weighted by atomic mass is 15.2. The fourth-order valence-electron chi connectivity index (χ4n) is 1.64. The van der Waals surface area contributed by atoms with E-state index in [1.54, 1.807) is 12.5 Å². The monoisotopic (exact) mass is 258 g/mol. The zero-order valence-electron chi connectivity index (χ0n) is 11.0. The first kappa shape index (κ1) is 13.2. The van der Waals surface area contributed by atoms with Crippen molar-refractivity contribution in [3.63, 3.8) is 0 Å².